The lowest BCUT2D eigenvalue weighted by Crippen LogP contribution is -2.10. The molecule has 0 bridgehead atoms. The van der Waals surface area contributed by atoms with Crippen molar-refractivity contribution in [1.29, 1.82) is 0 Å². The highest BCUT2D eigenvalue weighted by Crippen LogP contribution is 2.29. The van der Waals surface area contributed by atoms with Crippen molar-refractivity contribution in [3.05, 3.63) is 100 Å². The van der Waals surface area contributed by atoms with Crippen LogP contribution in [0.4, 0.5) is 0 Å². The summed E-state index contributed by atoms with van der Waals surface area (Å²) in [4.78, 5) is 13.0. The van der Waals surface area contributed by atoms with Gasteiger partial charge in [0, 0.05) is 10.0 Å². The van der Waals surface area contributed by atoms with Gasteiger partial charge >= 0.3 is 0 Å². The smallest absolute Gasteiger partial charge is 0.228 e. The number of allylic oxidation sites excluding steroid dienone is 1. The van der Waals surface area contributed by atoms with Gasteiger partial charge in [0.25, 0.3) is 0 Å². The van der Waals surface area contributed by atoms with Crippen LogP contribution in [-0.2, 0) is 0 Å². The van der Waals surface area contributed by atoms with Gasteiger partial charge in [-0.25, -0.2) is 0 Å². The summed E-state index contributed by atoms with van der Waals surface area (Å²) in [6.45, 7) is 0. The maximum Gasteiger partial charge on any atom is 0.228 e. The van der Waals surface area contributed by atoms with Crippen LogP contribution >= 0.6 is 15.9 Å². The van der Waals surface area contributed by atoms with E-state index in [1.807, 2.05) is 54.6 Å². The molecule has 4 heteroatoms. The fraction of sp³-hybridized carbons (Fsp3) is 0.0455. The quantitative estimate of drug-likeness (QED) is 0.295. The summed E-state index contributed by atoms with van der Waals surface area (Å²) in [5.41, 5.74) is 1.42. The first-order valence-electron chi connectivity index (χ1n) is 8.05. The van der Waals surface area contributed by atoms with Crippen LogP contribution in [0.5, 0.6) is 11.5 Å². The van der Waals surface area contributed by atoms with Gasteiger partial charge in [-0.15, -0.1) is 0 Å². The third-order valence-electron chi connectivity index (χ3n) is 3.72. The highest BCUT2D eigenvalue weighted by molar-refractivity contribution is 9.10. The minimum Gasteiger partial charge on any atom is -0.493 e. The first-order valence-corrected chi connectivity index (χ1v) is 8.84. The number of methoxy groups -OCH3 is 1. The zero-order valence-corrected chi connectivity index (χ0v) is 15.8. The highest BCUT2D eigenvalue weighted by Gasteiger charge is 2.16. The molecular weight excluding hydrogens is 392 g/mol. The van der Waals surface area contributed by atoms with E-state index in [9.17, 15) is 4.79 Å². The molecule has 0 heterocycles. The van der Waals surface area contributed by atoms with Crippen LogP contribution in [0.15, 0.2) is 89.1 Å². The maximum atomic E-state index is 13.0. The lowest BCUT2D eigenvalue weighted by atomic mass is 10.1. The van der Waals surface area contributed by atoms with Crippen molar-refractivity contribution in [3.63, 3.8) is 0 Å². The van der Waals surface area contributed by atoms with Crippen LogP contribution in [0.2, 0.25) is 0 Å². The Hall–Kier alpha value is -2.85. The molecule has 0 aliphatic carbocycles. The van der Waals surface area contributed by atoms with Crippen LogP contribution in [0.3, 0.4) is 0 Å². The Kier molecular flexibility index (Phi) is 5.87. The molecule has 0 atom stereocenters. The Morgan fingerprint density at radius 2 is 1.46 bits per heavy atom. The van der Waals surface area contributed by atoms with Gasteiger partial charge in [-0.1, -0.05) is 70.5 Å². The first-order chi connectivity index (χ1) is 12.7. The van der Waals surface area contributed by atoms with Gasteiger partial charge in [0.2, 0.25) is 5.78 Å². The highest BCUT2D eigenvalue weighted by atomic mass is 79.9. The van der Waals surface area contributed by atoms with Crippen molar-refractivity contribution in [2.75, 3.05) is 7.11 Å². The molecule has 0 unspecified atom stereocenters. The summed E-state index contributed by atoms with van der Waals surface area (Å²) in [6.07, 6.45) is 1.73. The number of rotatable bonds is 6. The fourth-order valence-electron chi connectivity index (χ4n) is 2.41. The summed E-state index contributed by atoms with van der Waals surface area (Å²) >= 11 is 3.41. The van der Waals surface area contributed by atoms with Gasteiger partial charge in [-0.3, -0.25) is 4.79 Å². The van der Waals surface area contributed by atoms with Crippen molar-refractivity contribution in [2.24, 2.45) is 0 Å². The van der Waals surface area contributed by atoms with E-state index in [2.05, 4.69) is 15.9 Å². The molecule has 0 saturated carbocycles. The minimum absolute atomic E-state index is 0.195. The summed E-state index contributed by atoms with van der Waals surface area (Å²) in [5.74, 6) is 1.08. The second kappa shape index (κ2) is 8.50. The number of para-hydroxylation sites is 2. The first kappa shape index (κ1) is 18.0. The molecule has 3 rings (SSSR count). The molecule has 0 spiro atoms. The zero-order chi connectivity index (χ0) is 18.4. The Labute approximate surface area is 161 Å². The SMILES string of the molecule is COc1ccccc1O/C(=C\c1ccc(Br)cc1)C(=O)c1ccccc1. The molecule has 3 aromatic carbocycles. The largest absolute Gasteiger partial charge is 0.493 e. The molecule has 26 heavy (non-hydrogen) atoms. The van der Waals surface area contributed by atoms with Crippen LogP contribution in [0, 0.1) is 0 Å². The molecule has 0 aliphatic heterocycles. The van der Waals surface area contributed by atoms with Crippen LogP contribution in [0.1, 0.15) is 15.9 Å². The number of Topliss-reactive ketones (excluding diaryl/α,β-unsaturated/α-hetero) is 1. The number of ether oxygens (including phenoxy) is 2. The molecule has 0 N–H and O–H groups in total. The number of hydrogen-bond donors (Lipinski definition) is 0. The normalized spacial score (nSPS) is 11.1. The summed E-state index contributed by atoms with van der Waals surface area (Å²) in [7, 11) is 1.57. The van der Waals surface area contributed by atoms with E-state index in [1.54, 1.807) is 37.5 Å². The third-order valence-corrected chi connectivity index (χ3v) is 4.25. The predicted molar refractivity (Wildman–Crippen MR) is 107 cm³/mol. The Balaban J connectivity index is 2.01. The molecule has 0 aromatic heterocycles. The van der Waals surface area contributed by atoms with Gasteiger partial charge in [0.15, 0.2) is 17.3 Å². The number of ketones is 1. The van der Waals surface area contributed by atoms with E-state index in [1.165, 1.54) is 0 Å². The van der Waals surface area contributed by atoms with E-state index in [0.29, 0.717) is 17.1 Å². The zero-order valence-electron chi connectivity index (χ0n) is 14.2. The third kappa shape index (κ3) is 4.41. The summed E-state index contributed by atoms with van der Waals surface area (Å²) < 4.78 is 12.3. The van der Waals surface area contributed by atoms with Gasteiger partial charge in [0.05, 0.1) is 7.11 Å². The van der Waals surface area contributed by atoms with Gasteiger partial charge < -0.3 is 9.47 Å². The maximum absolute atomic E-state index is 13.0. The lowest BCUT2D eigenvalue weighted by molar-refractivity contribution is 0.0987. The number of halogens is 1. The van der Waals surface area contributed by atoms with Crippen LogP contribution < -0.4 is 9.47 Å². The van der Waals surface area contributed by atoms with Crippen LogP contribution in [0.25, 0.3) is 6.08 Å². The Bertz CT molecular complexity index is 916. The molecule has 0 saturated heterocycles. The molecule has 0 aliphatic rings. The van der Waals surface area contributed by atoms with Crippen LogP contribution in [-0.4, -0.2) is 12.9 Å². The van der Waals surface area contributed by atoms with Gasteiger partial charge in [-0.05, 0) is 35.9 Å². The Morgan fingerprint density at radius 3 is 2.12 bits per heavy atom. The molecule has 0 radical (unpaired) electrons. The molecule has 0 amide bonds. The molecular formula is C22H17BrO3. The van der Waals surface area contributed by atoms with Crippen molar-refractivity contribution in [1.82, 2.24) is 0 Å². The predicted octanol–water partition coefficient (Wildman–Crippen LogP) is 5.76. The van der Waals surface area contributed by atoms with Crippen molar-refractivity contribution >= 4 is 27.8 Å². The van der Waals surface area contributed by atoms with Crippen molar-refractivity contribution < 1.29 is 14.3 Å². The monoisotopic (exact) mass is 408 g/mol. The van der Waals surface area contributed by atoms with Gasteiger partial charge in [0.1, 0.15) is 0 Å². The standard InChI is InChI=1S/C22H17BrO3/c1-25-19-9-5-6-10-20(19)26-21(15-16-11-13-18(23)14-12-16)22(24)17-7-3-2-4-8-17/h2-15H,1H3/b21-15-. The van der Waals surface area contributed by atoms with E-state index in [0.717, 1.165) is 10.0 Å². The number of benzene rings is 3. The lowest BCUT2D eigenvalue weighted by Gasteiger charge is -2.13. The number of hydrogen-bond acceptors (Lipinski definition) is 3. The van der Waals surface area contributed by atoms with E-state index < -0.39 is 0 Å². The Morgan fingerprint density at radius 1 is 0.846 bits per heavy atom. The molecule has 3 aromatic rings. The van der Waals surface area contributed by atoms with Gasteiger partial charge in [-0.2, -0.15) is 0 Å². The fourth-order valence-corrected chi connectivity index (χ4v) is 2.67. The average molecular weight is 409 g/mol. The molecule has 0 fully saturated rings. The van der Waals surface area contributed by atoms with E-state index in [4.69, 9.17) is 9.47 Å². The summed E-state index contributed by atoms with van der Waals surface area (Å²) in [5, 5.41) is 0. The van der Waals surface area contributed by atoms with Crippen molar-refractivity contribution in [3.8, 4) is 11.5 Å². The van der Waals surface area contributed by atoms with Crippen molar-refractivity contribution in [2.45, 2.75) is 0 Å². The average Bonchev–Trinajstić information content (AvgIpc) is 2.69. The topological polar surface area (TPSA) is 35.5 Å². The van der Waals surface area contributed by atoms with E-state index >= 15 is 0 Å². The number of carbonyl (C=O) groups excluding carboxylic acids is 1. The van der Waals surface area contributed by atoms with E-state index in [-0.39, 0.29) is 11.5 Å². The molecule has 130 valence electrons. The summed E-state index contributed by atoms with van der Waals surface area (Å²) in [6, 6.07) is 24.0. The second-order valence-corrected chi connectivity index (χ2v) is 6.42. The number of carbonyl (C=O) groups is 1. The molecule has 3 nitrogen and oxygen atoms in total. The minimum atomic E-state index is -0.195. The second-order valence-electron chi connectivity index (χ2n) is 5.51.